The van der Waals surface area contributed by atoms with Gasteiger partial charge in [-0.3, -0.25) is 4.98 Å². The third-order valence-electron chi connectivity index (χ3n) is 2.51. The first-order chi connectivity index (χ1) is 7.83. The lowest BCUT2D eigenvalue weighted by atomic mass is 9.95. The Kier molecular flexibility index (Phi) is 5.28. The third-order valence-corrected chi connectivity index (χ3v) is 2.51. The first-order valence-corrected chi connectivity index (χ1v) is 5.86. The number of hydrogen-bond donors (Lipinski definition) is 0. The Bertz CT molecular complexity index is 385. The molecule has 0 aromatic carbocycles. The zero-order valence-electron chi connectivity index (χ0n) is 10.0. The molecular formula is C14H18N2. The van der Waals surface area contributed by atoms with E-state index in [-0.39, 0.29) is 0 Å². The van der Waals surface area contributed by atoms with E-state index < -0.39 is 0 Å². The highest BCUT2D eigenvalue weighted by Gasteiger charge is 2.07. The van der Waals surface area contributed by atoms with E-state index in [1.54, 1.807) is 6.20 Å². The largest absolute Gasteiger partial charge is 0.264 e. The summed E-state index contributed by atoms with van der Waals surface area (Å²) in [5, 5.41) is 9.19. The van der Waals surface area contributed by atoms with Gasteiger partial charge in [0.2, 0.25) is 0 Å². The van der Waals surface area contributed by atoms with Crippen LogP contribution in [0.4, 0.5) is 0 Å². The smallest absolute Gasteiger partial charge is 0.0950 e. The van der Waals surface area contributed by atoms with Crippen molar-refractivity contribution in [3.05, 3.63) is 35.7 Å². The molecular weight excluding hydrogens is 196 g/mol. The molecule has 16 heavy (non-hydrogen) atoms. The van der Waals surface area contributed by atoms with Crippen LogP contribution in [-0.4, -0.2) is 4.98 Å². The summed E-state index contributed by atoms with van der Waals surface area (Å²) in [6.07, 6.45) is 7.49. The van der Waals surface area contributed by atoms with E-state index in [1.807, 2.05) is 18.3 Å². The van der Waals surface area contributed by atoms with Crippen LogP contribution in [0.1, 0.15) is 45.1 Å². The average molecular weight is 214 g/mol. The standard InChI is InChI=1S/C14H18N2/c1-3-6-12(10-15)14(7-4-2)13-8-5-9-16-11-13/h5,8-9,11H,3-4,6-7H2,1-2H3/b14-12-. The Labute approximate surface area is 97.6 Å². The minimum absolute atomic E-state index is 0.862. The van der Waals surface area contributed by atoms with E-state index in [2.05, 4.69) is 24.9 Å². The maximum Gasteiger partial charge on any atom is 0.0950 e. The summed E-state index contributed by atoms with van der Waals surface area (Å²) < 4.78 is 0. The number of hydrogen-bond acceptors (Lipinski definition) is 2. The van der Waals surface area contributed by atoms with Crippen molar-refractivity contribution >= 4 is 5.57 Å². The van der Waals surface area contributed by atoms with Crippen LogP contribution in [0.2, 0.25) is 0 Å². The van der Waals surface area contributed by atoms with E-state index in [0.717, 1.165) is 36.8 Å². The molecule has 0 amide bonds. The topological polar surface area (TPSA) is 36.7 Å². The summed E-state index contributed by atoms with van der Waals surface area (Å²) in [5.41, 5.74) is 3.17. The summed E-state index contributed by atoms with van der Waals surface area (Å²) in [6, 6.07) is 6.29. The molecule has 0 aliphatic rings. The van der Waals surface area contributed by atoms with Crippen LogP contribution in [0, 0.1) is 11.3 Å². The molecule has 0 unspecified atom stereocenters. The van der Waals surface area contributed by atoms with E-state index in [1.165, 1.54) is 5.57 Å². The molecule has 0 radical (unpaired) electrons. The molecule has 1 aromatic rings. The van der Waals surface area contributed by atoms with Crippen molar-refractivity contribution in [2.45, 2.75) is 39.5 Å². The molecule has 1 heterocycles. The van der Waals surface area contributed by atoms with E-state index in [4.69, 9.17) is 0 Å². The quantitative estimate of drug-likeness (QED) is 0.696. The number of pyridine rings is 1. The van der Waals surface area contributed by atoms with E-state index >= 15 is 0 Å². The monoisotopic (exact) mass is 214 g/mol. The lowest BCUT2D eigenvalue weighted by molar-refractivity contribution is 0.907. The highest BCUT2D eigenvalue weighted by Crippen LogP contribution is 2.25. The zero-order chi connectivity index (χ0) is 11.8. The van der Waals surface area contributed by atoms with E-state index in [9.17, 15) is 5.26 Å². The summed E-state index contributed by atoms with van der Waals surface area (Å²) in [4.78, 5) is 4.12. The van der Waals surface area contributed by atoms with Gasteiger partial charge < -0.3 is 0 Å². The van der Waals surface area contributed by atoms with Gasteiger partial charge >= 0.3 is 0 Å². The normalized spacial score (nSPS) is 11.8. The highest BCUT2D eigenvalue weighted by molar-refractivity contribution is 5.71. The molecule has 0 aliphatic heterocycles. The Morgan fingerprint density at radius 2 is 2.06 bits per heavy atom. The van der Waals surface area contributed by atoms with Crippen LogP contribution >= 0.6 is 0 Å². The minimum Gasteiger partial charge on any atom is -0.264 e. The Balaban J connectivity index is 3.12. The summed E-state index contributed by atoms with van der Waals surface area (Å²) >= 11 is 0. The molecule has 1 rings (SSSR count). The minimum atomic E-state index is 0.862. The first kappa shape index (κ1) is 12.4. The van der Waals surface area contributed by atoms with Crippen LogP contribution < -0.4 is 0 Å². The van der Waals surface area contributed by atoms with Gasteiger partial charge in [-0.15, -0.1) is 0 Å². The van der Waals surface area contributed by atoms with Gasteiger partial charge in [0.15, 0.2) is 0 Å². The second kappa shape index (κ2) is 6.79. The van der Waals surface area contributed by atoms with Crippen LogP contribution in [0.3, 0.4) is 0 Å². The predicted octanol–water partition coefficient (Wildman–Crippen LogP) is 3.96. The molecule has 84 valence electrons. The lowest BCUT2D eigenvalue weighted by Crippen LogP contribution is -1.92. The molecule has 0 saturated carbocycles. The molecule has 0 atom stereocenters. The number of nitriles is 1. The molecule has 0 bridgehead atoms. The van der Waals surface area contributed by atoms with Crippen LogP contribution in [-0.2, 0) is 0 Å². The summed E-state index contributed by atoms with van der Waals surface area (Å²) in [6.45, 7) is 4.24. The van der Waals surface area contributed by atoms with Gasteiger partial charge in [0, 0.05) is 18.0 Å². The van der Waals surface area contributed by atoms with Gasteiger partial charge in [-0.2, -0.15) is 5.26 Å². The van der Waals surface area contributed by atoms with Gasteiger partial charge in [-0.05, 0) is 30.0 Å². The number of allylic oxidation sites excluding steroid dienone is 2. The molecule has 0 fully saturated rings. The average Bonchev–Trinajstić information content (AvgIpc) is 2.35. The van der Waals surface area contributed by atoms with Crippen molar-refractivity contribution in [3.63, 3.8) is 0 Å². The molecule has 0 saturated heterocycles. The predicted molar refractivity (Wildman–Crippen MR) is 66.6 cm³/mol. The number of aromatic nitrogens is 1. The Morgan fingerprint density at radius 1 is 1.31 bits per heavy atom. The van der Waals surface area contributed by atoms with Gasteiger partial charge in [0.05, 0.1) is 6.07 Å². The van der Waals surface area contributed by atoms with Gasteiger partial charge in [-0.1, -0.05) is 32.8 Å². The molecule has 2 nitrogen and oxygen atoms in total. The molecule has 2 heteroatoms. The maximum absolute atomic E-state index is 9.19. The van der Waals surface area contributed by atoms with E-state index in [0.29, 0.717) is 0 Å². The Morgan fingerprint density at radius 3 is 2.56 bits per heavy atom. The van der Waals surface area contributed by atoms with Crippen molar-refractivity contribution in [1.82, 2.24) is 4.98 Å². The maximum atomic E-state index is 9.19. The summed E-state index contributed by atoms with van der Waals surface area (Å²) in [5.74, 6) is 0. The van der Waals surface area contributed by atoms with Crippen LogP contribution in [0.5, 0.6) is 0 Å². The van der Waals surface area contributed by atoms with Crippen LogP contribution in [0.25, 0.3) is 5.57 Å². The van der Waals surface area contributed by atoms with Gasteiger partial charge in [0.1, 0.15) is 0 Å². The number of rotatable bonds is 5. The molecule has 0 spiro atoms. The fourth-order valence-electron chi connectivity index (χ4n) is 1.78. The molecule has 0 N–H and O–H groups in total. The lowest BCUT2D eigenvalue weighted by Gasteiger charge is -2.09. The third kappa shape index (κ3) is 3.20. The Hall–Kier alpha value is -1.62. The van der Waals surface area contributed by atoms with Crippen molar-refractivity contribution < 1.29 is 0 Å². The number of nitrogens with zero attached hydrogens (tertiary/aromatic N) is 2. The summed E-state index contributed by atoms with van der Waals surface area (Å²) in [7, 11) is 0. The van der Waals surface area contributed by atoms with Crippen LogP contribution in [0.15, 0.2) is 30.1 Å². The highest BCUT2D eigenvalue weighted by atomic mass is 14.6. The van der Waals surface area contributed by atoms with Gasteiger partial charge in [-0.25, -0.2) is 0 Å². The second-order valence-electron chi connectivity index (χ2n) is 3.81. The fraction of sp³-hybridized carbons (Fsp3) is 0.429. The SMILES string of the molecule is CCC/C(C#N)=C(\CCC)c1cccnc1. The second-order valence-corrected chi connectivity index (χ2v) is 3.81. The molecule has 0 aliphatic carbocycles. The van der Waals surface area contributed by atoms with Crippen molar-refractivity contribution in [1.29, 1.82) is 5.26 Å². The zero-order valence-corrected chi connectivity index (χ0v) is 10.0. The molecule has 1 aromatic heterocycles. The van der Waals surface area contributed by atoms with Gasteiger partial charge in [0.25, 0.3) is 0 Å². The fourth-order valence-corrected chi connectivity index (χ4v) is 1.78. The van der Waals surface area contributed by atoms with Crippen molar-refractivity contribution in [3.8, 4) is 6.07 Å². The first-order valence-electron chi connectivity index (χ1n) is 5.86. The van der Waals surface area contributed by atoms with Crippen molar-refractivity contribution in [2.24, 2.45) is 0 Å². The van der Waals surface area contributed by atoms with Crippen molar-refractivity contribution in [2.75, 3.05) is 0 Å².